The SMILES string of the molecule is CC(=NNC(=O)c1ccc(Cl)cc1)c1cc(C)ccc1O. The molecule has 0 aliphatic heterocycles. The molecule has 0 fully saturated rings. The molecule has 0 aliphatic carbocycles. The lowest BCUT2D eigenvalue weighted by Crippen LogP contribution is -2.19. The largest absolute Gasteiger partial charge is 0.507 e. The van der Waals surface area contributed by atoms with Gasteiger partial charge in [-0.25, -0.2) is 5.43 Å². The molecule has 0 unspecified atom stereocenters. The molecule has 0 spiro atoms. The number of hydrazone groups is 1. The van der Waals surface area contributed by atoms with Gasteiger partial charge in [-0.2, -0.15) is 5.10 Å². The van der Waals surface area contributed by atoms with Gasteiger partial charge in [0.1, 0.15) is 5.75 Å². The molecule has 0 radical (unpaired) electrons. The summed E-state index contributed by atoms with van der Waals surface area (Å²) in [6, 6.07) is 11.7. The van der Waals surface area contributed by atoms with Crippen molar-refractivity contribution in [2.75, 3.05) is 0 Å². The molecule has 0 heterocycles. The van der Waals surface area contributed by atoms with Crippen LogP contribution in [0.4, 0.5) is 0 Å². The molecule has 1 amide bonds. The number of amides is 1. The van der Waals surface area contributed by atoms with Crippen LogP contribution in [0.5, 0.6) is 5.75 Å². The van der Waals surface area contributed by atoms with Gasteiger partial charge in [-0.05, 0) is 50.2 Å². The molecule has 2 aromatic carbocycles. The van der Waals surface area contributed by atoms with Gasteiger partial charge in [0.05, 0.1) is 5.71 Å². The van der Waals surface area contributed by atoms with Crippen LogP contribution in [0.2, 0.25) is 5.02 Å². The summed E-state index contributed by atoms with van der Waals surface area (Å²) in [6.07, 6.45) is 0. The molecule has 0 atom stereocenters. The number of nitrogens with zero attached hydrogens (tertiary/aromatic N) is 1. The van der Waals surface area contributed by atoms with Crippen molar-refractivity contribution in [3.05, 3.63) is 64.2 Å². The summed E-state index contributed by atoms with van der Waals surface area (Å²) in [7, 11) is 0. The molecule has 2 rings (SSSR count). The van der Waals surface area contributed by atoms with Crippen molar-refractivity contribution < 1.29 is 9.90 Å². The molecule has 0 aliphatic rings. The Hall–Kier alpha value is -2.33. The van der Waals surface area contributed by atoms with Crippen LogP contribution in [0.1, 0.15) is 28.4 Å². The van der Waals surface area contributed by atoms with E-state index >= 15 is 0 Å². The molecular weight excluding hydrogens is 288 g/mol. The Labute approximate surface area is 128 Å². The average Bonchev–Trinajstić information content (AvgIpc) is 2.47. The molecule has 108 valence electrons. The maximum absolute atomic E-state index is 11.9. The van der Waals surface area contributed by atoms with E-state index < -0.39 is 0 Å². The van der Waals surface area contributed by atoms with E-state index in [0.29, 0.717) is 21.9 Å². The van der Waals surface area contributed by atoms with Gasteiger partial charge in [-0.15, -0.1) is 0 Å². The van der Waals surface area contributed by atoms with E-state index in [1.165, 1.54) is 0 Å². The highest BCUT2D eigenvalue weighted by atomic mass is 35.5. The predicted molar refractivity (Wildman–Crippen MR) is 84.0 cm³/mol. The van der Waals surface area contributed by atoms with Crippen molar-refractivity contribution in [1.82, 2.24) is 5.43 Å². The van der Waals surface area contributed by atoms with E-state index in [2.05, 4.69) is 10.5 Å². The Kier molecular flexibility index (Phi) is 4.60. The van der Waals surface area contributed by atoms with Crippen LogP contribution in [0.3, 0.4) is 0 Å². The number of carbonyl (C=O) groups is 1. The van der Waals surface area contributed by atoms with Gasteiger partial charge >= 0.3 is 0 Å². The van der Waals surface area contributed by atoms with Gasteiger partial charge in [0.2, 0.25) is 0 Å². The number of phenolic OH excluding ortho intramolecular Hbond substituents is 1. The summed E-state index contributed by atoms with van der Waals surface area (Å²) in [5, 5.41) is 14.4. The summed E-state index contributed by atoms with van der Waals surface area (Å²) in [4.78, 5) is 11.9. The number of aromatic hydroxyl groups is 1. The normalized spacial score (nSPS) is 11.3. The highest BCUT2D eigenvalue weighted by Crippen LogP contribution is 2.18. The number of carbonyl (C=O) groups excluding carboxylic acids is 1. The standard InChI is InChI=1S/C16H15ClN2O2/c1-10-3-8-15(20)14(9-10)11(2)18-19-16(21)12-4-6-13(17)7-5-12/h3-9,20H,1-2H3,(H,19,21). The van der Waals surface area contributed by atoms with Gasteiger partial charge in [-0.3, -0.25) is 4.79 Å². The molecule has 4 nitrogen and oxygen atoms in total. The maximum Gasteiger partial charge on any atom is 0.271 e. The molecule has 5 heteroatoms. The third-order valence-corrected chi connectivity index (χ3v) is 3.23. The minimum atomic E-state index is -0.335. The number of aryl methyl sites for hydroxylation is 1. The van der Waals surface area contributed by atoms with E-state index in [1.807, 2.05) is 13.0 Å². The van der Waals surface area contributed by atoms with E-state index in [4.69, 9.17) is 11.6 Å². The number of hydrogen-bond acceptors (Lipinski definition) is 3. The third kappa shape index (κ3) is 3.83. The smallest absolute Gasteiger partial charge is 0.271 e. The molecule has 2 N–H and O–H groups in total. The van der Waals surface area contributed by atoms with Crippen molar-refractivity contribution >= 4 is 23.2 Å². The summed E-state index contributed by atoms with van der Waals surface area (Å²) in [5.74, 6) is -0.208. The molecule has 0 aromatic heterocycles. The number of halogens is 1. The van der Waals surface area contributed by atoms with E-state index in [9.17, 15) is 9.90 Å². The molecule has 2 aromatic rings. The Balaban J connectivity index is 2.14. The van der Waals surface area contributed by atoms with Gasteiger partial charge in [0, 0.05) is 16.1 Å². The molecule has 0 saturated carbocycles. The van der Waals surface area contributed by atoms with Crippen molar-refractivity contribution in [3.8, 4) is 5.75 Å². The quantitative estimate of drug-likeness (QED) is 0.673. The number of rotatable bonds is 3. The third-order valence-electron chi connectivity index (χ3n) is 2.97. The van der Waals surface area contributed by atoms with Crippen LogP contribution in [0, 0.1) is 6.92 Å². The summed E-state index contributed by atoms with van der Waals surface area (Å²) in [6.45, 7) is 3.64. The fourth-order valence-electron chi connectivity index (χ4n) is 1.80. The zero-order chi connectivity index (χ0) is 15.4. The van der Waals surface area contributed by atoms with E-state index in [1.54, 1.807) is 43.3 Å². The monoisotopic (exact) mass is 302 g/mol. The van der Waals surface area contributed by atoms with Crippen LogP contribution in [0.25, 0.3) is 0 Å². The van der Waals surface area contributed by atoms with Crippen molar-refractivity contribution in [3.63, 3.8) is 0 Å². The summed E-state index contributed by atoms with van der Waals surface area (Å²) in [5.41, 5.74) is 5.04. The first-order valence-electron chi connectivity index (χ1n) is 6.37. The molecular formula is C16H15ClN2O2. The summed E-state index contributed by atoms with van der Waals surface area (Å²) >= 11 is 5.77. The van der Waals surface area contributed by atoms with Crippen LogP contribution in [-0.4, -0.2) is 16.7 Å². The first kappa shape index (κ1) is 15.1. The second kappa shape index (κ2) is 6.41. The van der Waals surface area contributed by atoms with Crippen molar-refractivity contribution in [2.24, 2.45) is 5.10 Å². The Bertz CT molecular complexity index is 694. The van der Waals surface area contributed by atoms with Crippen molar-refractivity contribution in [2.45, 2.75) is 13.8 Å². The van der Waals surface area contributed by atoms with Crippen LogP contribution in [0.15, 0.2) is 47.6 Å². The van der Waals surface area contributed by atoms with E-state index in [0.717, 1.165) is 5.56 Å². The van der Waals surface area contributed by atoms with Crippen LogP contribution < -0.4 is 5.43 Å². The zero-order valence-corrected chi connectivity index (χ0v) is 12.5. The first-order chi connectivity index (χ1) is 9.97. The zero-order valence-electron chi connectivity index (χ0n) is 11.7. The Morgan fingerprint density at radius 1 is 1.19 bits per heavy atom. The lowest BCUT2D eigenvalue weighted by atomic mass is 10.1. The Morgan fingerprint density at radius 3 is 2.52 bits per heavy atom. The first-order valence-corrected chi connectivity index (χ1v) is 6.75. The molecule has 0 bridgehead atoms. The van der Waals surface area contributed by atoms with Gasteiger partial charge in [-0.1, -0.05) is 23.2 Å². The highest BCUT2D eigenvalue weighted by Gasteiger charge is 2.07. The van der Waals surface area contributed by atoms with Gasteiger partial charge in [0.25, 0.3) is 5.91 Å². The van der Waals surface area contributed by atoms with Gasteiger partial charge in [0.15, 0.2) is 0 Å². The van der Waals surface area contributed by atoms with Gasteiger partial charge < -0.3 is 5.11 Å². The van der Waals surface area contributed by atoms with Crippen molar-refractivity contribution in [1.29, 1.82) is 0 Å². The second-order valence-electron chi connectivity index (χ2n) is 4.67. The second-order valence-corrected chi connectivity index (χ2v) is 5.10. The average molecular weight is 303 g/mol. The maximum atomic E-state index is 11.9. The number of benzene rings is 2. The summed E-state index contributed by atoms with van der Waals surface area (Å²) < 4.78 is 0. The predicted octanol–water partition coefficient (Wildman–Crippen LogP) is 3.51. The van der Waals surface area contributed by atoms with Crippen LogP contribution in [-0.2, 0) is 0 Å². The van der Waals surface area contributed by atoms with E-state index in [-0.39, 0.29) is 11.7 Å². The lowest BCUT2D eigenvalue weighted by Gasteiger charge is -2.06. The van der Waals surface area contributed by atoms with Crippen LogP contribution >= 0.6 is 11.6 Å². The number of nitrogens with one attached hydrogen (secondary N) is 1. The number of hydrogen-bond donors (Lipinski definition) is 2. The lowest BCUT2D eigenvalue weighted by molar-refractivity contribution is 0.0955. The topological polar surface area (TPSA) is 61.7 Å². The Morgan fingerprint density at radius 2 is 1.86 bits per heavy atom. The molecule has 21 heavy (non-hydrogen) atoms. The highest BCUT2D eigenvalue weighted by molar-refractivity contribution is 6.30. The fraction of sp³-hybridized carbons (Fsp3) is 0.125. The minimum absolute atomic E-state index is 0.127. The minimum Gasteiger partial charge on any atom is -0.507 e. The fourth-order valence-corrected chi connectivity index (χ4v) is 1.93. The molecule has 0 saturated heterocycles. The number of phenols is 1.